The number of carbonyl (C=O) groups is 2. The van der Waals surface area contributed by atoms with Gasteiger partial charge < -0.3 is 11.1 Å². The zero-order valence-electron chi connectivity index (χ0n) is 11.1. The number of nitrogens with one attached hydrogen (secondary N) is 1. The molecule has 2 amide bonds. The predicted octanol–water partition coefficient (Wildman–Crippen LogP) is 1.05. The smallest absolute Gasteiger partial charge is 0.253 e. The molecule has 0 saturated heterocycles. The number of hydrogen-bond donors (Lipinski definition) is 2. The molecule has 0 radical (unpaired) electrons. The van der Waals surface area contributed by atoms with Crippen molar-refractivity contribution in [2.45, 2.75) is 12.5 Å². The van der Waals surface area contributed by atoms with Crippen molar-refractivity contribution >= 4 is 11.8 Å². The number of rotatable bonds is 5. The number of halogens is 1. The molecule has 0 spiro atoms. The average molecular weight is 287 g/mol. The summed E-state index contributed by atoms with van der Waals surface area (Å²) in [5.41, 5.74) is 6.18. The first-order valence-electron chi connectivity index (χ1n) is 6.31. The second-order valence-electron chi connectivity index (χ2n) is 4.50. The van der Waals surface area contributed by atoms with E-state index in [1.807, 2.05) is 0 Å². The molecule has 6 heteroatoms. The summed E-state index contributed by atoms with van der Waals surface area (Å²) < 4.78 is 13.1. The third-order valence-electron chi connectivity index (χ3n) is 2.90. The number of hydrogen-bond acceptors (Lipinski definition) is 3. The molecule has 0 unspecified atom stereocenters. The fourth-order valence-electron chi connectivity index (χ4n) is 1.86. The lowest BCUT2D eigenvalue weighted by molar-refractivity contribution is -0.119. The monoisotopic (exact) mass is 287 g/mol. The Balaban J connectivity index is 2.09. The van der Waals surface area contributed by atoms with Gasteiger partial charge >= 0.3 is 0 Å². The average Bonchev–Trinajstić information content (AvgIpc) is 2.47. The van der Waals surface area contributed by atoms with Gasteiger partial charge in [-0.15, -0.1) is 0 Å². The quantitative estimate of drug-likeness (QED) is 0.862. The highest BCUT2D eigenvalue weighted by Crippen LogP contribution is 2.07. The van der Waals surface area contributed by atoms with Crippen LogP contribution >= 0.6 is 0 Å². The van der Waals surface area contributed by atoms with Crippen molar-refractivity contribution in [3.05, 3.63) is 65.7 Å². The van der Waals surface area contributed by atoms with E-state index in [0.717, 1.165) is 0 Å². The van der Waals surface area contributed by atoms with Crippen LogP contribution in [-0.2, 0) is 11.2 Å². The lowest BCUT2D eigenvalue weighted by Gasteiger charge is -2.15. The molecule has 0 aliphatic heterocycles. The van der Waals surface area contributed by atoms with Crippen LogP contribution in [0.2, 0.25) is 0 Å². The number of aromatic nitrogens is 1. The number of benzene rings is 1. The molecule has 1 atom stereocenters. The topological polar surface area (TPSA) is 85.1 Å². The van der Waals surface area contributed by atoms with Gasteiger partial charge in [0.2, 0.25) is 5.91 Å². The maximum Gasteiger partial charge on any atom is 0.253 e. The minimum absolute atomic E-state index is 0.124. The van der Waals surface area contributed by atoms with Crippen molar-refractivity contribution in [3.63, 3.8) is 0 Å². The molecule has 0 saturated carbocycles. The molecule has 1 heterocycles. The fraction of sp³-hybridized carbons (Fsp3) is 0.133. The highest BCUT2D eigenvalue weighted by molar-refractivity contribution is 5.97. The van der Waals surface area contributed by atoms with Gasteiger partial charge in [0.1, 0.15) is 11.9 Å². The molecule has 1 aromatic heterocycles. The molecule has 1 aromatic carbocycles. The van der Waals surface area contributed by atoms with Gasteiger partial charge in [-0.3, -0.25) is 14.6 Å². The van der Waals surface area contributed by atoms with E-state index in [0.29, 0.717) is 11.1 Å². The summed E-state index contributed by atoms with van der Waals surface area (Å²) in [6.07, 6.45) is 3.05. The molecule has 0 fully saturated rings. The SMILES string of the molecule is NC(=O)[C@H](Cc1cccc(F)c1)NC(=O)c1cccnc1. The van der Waals surface area contributed by atoms with E-state index >= 15 is 0 Å². The summed E-state index contributed by atoms with van der Waals surface area (Å²) in [6, 6.07) is 8.06. The molecule has 21 heavy (non-hydrogen) atoms. The Hall–Kier alpha value is -2.76. The van der Waals surface area contributed by atoms with Crippen LogP contribution in [0.5, 0.6) is 0 Å². The minimum atomic E-state index is -0.917. The maximum absolute atomic E-state index is 13.1. The molecule has 2 rings (SSSR count). The fourth-order valence-corrected chi connectivity index (χ4v) is 1.86. The highest BCUT2D eigenvalue weighted by atomic mass is 19.1. The van der Waals surface area contributed by atoms with E-state index in [1.54, 1.807) is 18.2 Å². The number of nitrogens with zero attached hydrogens (tertiary/aromatic N) is 1. The van der Waals surface area contributed by atoms with Crippen LogP contribution in [0.25, 0.3) is 0 Å². The Bertz CT molecular complexity index is 646. The third kappa shape index (κ3) is 4.10. The van der Waals surface area contributed by atoms with Gasteiger partial charge in [0, 0.05) is 18.8 Å². The highest BCUT2D eigenvalue weighted by Gasteiger charge is 2.19. The molecule has 0 aliphatic carbocycles. The van der Waals surface area contributed by atoms with Crippen LogP contribution in [0.1, 0.15) is 15.9 Å². The van der Waals surface area contributed by atoms with E-state index in [2.05, 4.69) is 10.3 Å². The van der Waals surface area contributed by atoms with Crippen molar-refractivity contribution in [1.29, 1.82) is 0 Å². The van der Waals surface area contributed by atoms with E-state index in [4.69, 9.17) is 5.73 Å². The van der Waals surface area contributed by atoms with Gasteiger partial charge in [-0.25, -0.2) is 4.39 Å². The van der Waals surface area contributed by atoms with Crippen molar-refractivity contribution in [2.75, 3.05) is 0 Å². The maximum atomic E-state index is 13.1. The lowest BCUT2D eigenvalue weighted by atomic mass is 10.0. The third-order valence-corrected chi connectivity index (χ3v) is 2.90. The van der Waals surface area contributed by atoms with Gasteiger partial charge in [0.15, 0.2) is 0 Å². The van der Waals surface area contributed by atoms with Crippen LogP contribution in [0.4, 0.5) is 4.39 Å². The van der Waals surface area contributed by atoms with Crippen LogP contribution < -0.4 is 11.1 Å². The Morgan fingerprint density at radius 1 is 1.29 bits per heavy atom. The molecular formula is C15H14FN3O2. The molecule has 2 aromatic rings. The Morgan fingerprint density at radius 2 is 2.10 bits per heavy atom. The van der Waals surface area contributed by atoms with E-state index < -0.39 is 23.7 Å². The van der Waals surface area contributed by atoms with Gasteiger partial charge in [-0.05, 0) is 29.8 Å². The van der Waals surface area contributed by atoms with E-state index in [-0.39, 0.29) is 6.42 Å². The van der Waals surface area contributed by atoms with E-state index in [9.17, 15) is 14.0 Å². The Labute approximate surface area is 121 Å². The summed E-state index contributed by atoms with van der Waals surface area (Å²) in [4.78, 5) is 27.3. The molecule has 0 bridgehead atoms. The number of primary amides is 1. The van der Waals surface area contributed by atoms with Crippen LogP contribution in [-0.4, -0.2) is 22.8 Å². The summed E-state index contributed by atoms with van der Waals surface area (Å²) >= 11 is 0. The number of carbonyl (C=O) groups excluding carboxylic acids is 2. The molecule has 5 nitrogen and oxygen atoms in total. The standard InChI is InChI=1S/C15H14FN3O2/c16-12-5-1-3-10(7-12)8-13(14(17)20)19-15(21)11-4-2-6-18-9-11/h1-7,9,13H,8H2,(H2,17,20)(H,19,21)/t13-/m0/s1. The van der Waals surface area contributed by atoms with Crippen molar-refractivity contribution in [1.82, 2.24) is 10.3 Å². The molecule has 0 aliphatic rings. The zero-order chi connectivity index (χ0) is 15.2. The summed E-state index contributed by atoms with van der Waals surface area (Å²) in [7, 11) is 0. The molecule has 108 valence electrons. The predicted molar refractivity (Wildman–Crippen MR) is 74.8 cm³/mol. The van der Waals surface area contributed by atoms with Crippen LogP contribution in [0.15, 0.2) is 48.8 Å². The summed E-state index contributed by atoms with van der Waals surface area (Å²) in [5.74, 6) is -1.55. The summed E-state index contributed by atoms with van der Waals surface area (Å²) in [6.45, 7) is 0. The first kappa shape index (κ1) is 14.6. The largest absolute Gasteiger partial charge is 0.368 e. The normalized spacial score (nSPS) is 11.7. The first-order chi connectivity index (χ1) is 10.1. The van der Waals surface area contributed by atoms with Gasteiger partial charge in [0.05, 0.1) is 5.56 Å². The minimum Gasteiger partial charge on any atom is -0.368 e. The molecule has 3 N–H and O–H groups in total. The summed E-state index contributed by atoms with van der Waals surface area (Å²) in [5, 5.41) is 2.52. The number of nitrogens with two attached hydrogens (primary N) is 1. The lowest BCUT2D eigenvalue weighted by Crippen LogP contribution is -2.45. The van der Waals surface area contributed by atoms with E-state index in [1.165, 1.54) is 30.6 Å². The van der Waals surface area contributed by atoms with Crippen molar-refractivity contribution in [3.8, 4) is 0 Å². The zero-order valence-corrected chi connectivity index (χ0v) is 11.1. The second kappa shape index (κ2) is 6.60. The van der Waals surface area contributed by atoms with Crippen LogP contribution in [0, 0.1) is 5.82 Å². The van der Waals surface area contributed by atoms with Crippen LogP contribution in [0.3, 0.4) is 0 Å². The van der Waals surface area contributed by atoms with Crippen molar-refractivity contribution in [2.24, 2.45) is 5.73 Å². The number of pyridine rings is 1. The molecular weight excluding hydrogens is 273 g/mol. The number of amides is 2. The second-order valence-corrected chi connectivity index (χ2v) is 4.50. The first-order valence-corrected chi connectivity index (χ1v) is 6.31. The van der Waals surface area contributed by atoms with Crippen molar-refractivity contribution < 1.29 is 14.0 Å². The van der Waals surface area contributed by atoms with Gasteiger partial charge in [-0.1, -0.05) is 12.1 Å². The van der Waals surface area contributed by atoms with Gasteiger partial charge in [-0.2, -0.15) is 0 Å². The Kier molecular flexibility index (Phi) is 4.61. The van der Waals surface area contributed by atoms with Gasteiger partial charge in [0.25, 0.3) is 5.91 Å². The Morgan fingerprint density at radius 3 is 2.71 bits per heavy atom.